The molecule has 1 heterocycles. The van der Waals surface area contributed by atoms with Crippen molar-refractivity contribution in [2.45, 2.75) is 50.4 Å². The van der Waals surface area contributed by atoms with E-state index < -0.39 is 21.2 Å². The van der Waals surface area contributed by atoms with Gasteiger partial charge in [0, 0.05) is 0 Å². The highest BCUT2D eigenvalue weighted by Gasteiger charge is 2.34. The lowest BCUT2D eigenvalue weighted by Gasteiger charge is -2.27. The van der Waals surface area contributed by atoms with E-state index in [-0.39, 0.29) is 5.75 Å². The number of rotatable bonds is 4. The highest BCUT2D eigenvalue weighted by molar-refractivity contribution is 7.92. The fraction of sp³-hybridized carbons (Fsp3) is 0.818. The standard InChI is InChI=1S/C11H20O3S/c1-3-9(2)8-10(12)11-6-4-5-7-15(11,13)14/h10-12H,2-8H2,1H3. The van der Waals surface area contributed by atoms with Gasteiger partial charge in [-0.2, -0.15) is 0 Å². The SMILES string of the molecule is C=C(CC)CC(O)C1CCCCS1(=O)=O. The molecule has 2 unspecified atom stereocenters. The van der Waals surface area contributed by atoms with E-state index >= 15 is 0 Å². The van der Waals surface area contributed by atoms with Crippen LogP contribution < -0.4 is 0 Å². The lowest BCUT2D eigenvalue weighted by atomic mass is 10.0. The van der Waals surface area contributed by atoms with E-state index in [1.54, 1.807) is 0 Å². The minimum absolute atomic E-state index is 0.229. The summed E-state index contributed by atoms with van der Waals surface area (Å²) in [6.45, 7) is 5.76. The Labute approximate surface area is 92.1 Å². The van der Waals surface area contributed by atoms with Crippen molar-refractivity contribution in [3.63, 3.8) is 0 Å². The van der Waals surface area contributed by atoms with E-state index in [2.05, 4.69) is 6.58 Å². The van der Waals surface area contributed by atoms with E-state index in [1.807, 2.05) is 6.92 Å². The lowest BCUT2D eigenvalue weighted by molar-refractivity contribution is 0.161. The number of hydrogen-bond acceptors (Lipinski definition) is 3. The van der Waals surface area contributed by atoms with Crippen LogP contribution in [-0.4, -0.2) is 30.6 Å². The van der Waals surface area contributed by atoms with Crippen LogP contribution in [0.15, 0.2) is 12.2 Å². The third kappa shape index (κ3) is 3.31. The summed E-state index contributed by atoms with van der Waals surface area (Å²) in [5, 5.41) is 9.31. The largest absolute Gasteiger partial charge is 0.391 e. The molecule has 1 N–H and O–H groups in total. The molecule has 0 amide bonds. The molecule has 1 saturated heterocycles. The van der Waals surface area contributed by atoms with Crippen molar-refractivity contribution in [2.75, 3.05) is 5.75 Å². The van der Waals surface area contributed by atoms with Gasteiger partial charge in [0.05, 0.1) is 17.1 Å². The van der Waals surface area contributed by atoms with Crippen molar-refractivity contribution >= 4 is 9.84 Å². The fourth-order valence-corrected chi connectivity index (χ4v) is 3.99. The second kappa shape index (κ2) is 5.12. The molecular formula is C11H20O3S. The van der Waals surface area contributed by atoms with E-state index in [0.29, 0.717) is 12.8 Å². The first-order valence-corrected chi connectivity index (χ1v) is 7.25. The Morgan fingerprint density at radius 3 is 2.73 bits per heavy atom. The van der Waals surface area contributed by atoms with E-state index in [1.165, 1.54) is 0 Å². The molecule has 0 radical (unpaired) electrons. The zero-order valence-electron chi connectivity index (χ0n) is 9.28. The molecule has 0 aromatic carbocycles. The van der Waals surface area contributed by atoms with E-state index in [0.717, 1.165) is 24.8 Å². The molecule has 3 nitrogen and oxygen atoms in total. The molecular weight excluding hydrogens is 212 g/mol. The van der Waals surface area contributed by atoms with Crippen LogP contribution in [0.3, 0.4) is 0 Å². The third-order valence-corrected chi connectivity index (χ3v) is 5.39. The van der Waals surface area contributed by atoms with Crippen molar-refractivity contribution in [3.05, 3.63) is 12.2 Å². The summed E-state index contributed by atoms with van der Waals surface area (Å²) in [4.78, 5) is 0. The van der Waals surface area contributed by atoms with Crippen molar-refractivity contribution in [2.24, 2.45) is 0 Å². The molecule has 0 spiro atoms. The van der Waals surface area contributed by atoms with Crippen molar-refractivity contribution < 1.29 is 13.5 Å². The van der Waals surface area contributed by atoms with Gasteiger partial charge in [0.15, 0.2) is 9.84 Å². The van der Waals surface area contributed by atoms with Crippen LogP contribution in [0.1, 0.15) is 39.0 Å². The molecule has 1 aliphatic rings. The second-order valence-corrected chi connectivity index (χ2v) is 6.62. The van der Waals surface area contributed by atoms with Gasteiger partial charge in [0.2, 0.25) is 0 Å². The van der Waals surface area contributed by atoms with Crippen LogP contribution in [-0.2, 0) is 9.84 Å². The van der Waals surface area contributed by atoms with Gasteiger partial charge >= 0.3 is 0 Å². The van der Waals surface area contributed by atoms with Crippen LogP contribution in [0.5, 0.6) is 0 Å². The average molecular weight is 232 g/mol. The van der Waals surface area contributed by atoms with Crippen molar-refractivity contribution in [1.82, 2.24) is 0 Å². The summed E-state index contributed by atoms with van der Waals surface area (Å²) in [5.41, 5.74) is 0.920. The zero-order valence-corrected chi connectivity index (χ0v) is 10.1. The summed E-state index contributed by atoms with van der Waals surface area (Å²) in [6, 6.07) is 0. The number of aliphatic hydroxyl groups excluding tert-OH is 1. The maximum absolute atomic E-state index is 11.7. The van der Waals surface area contributed by atoms with Gasteiger partial charge in [-0.1, -0.05) is 25.5 Å². The molecule has 0 saturated carbocycles. The van der Waals surface area contributed by atoms with Crippen LogP contribution in [0, 0.1) is 0 Å². The Morgan fingerprint density at radius 1 is 1.53 bits per heavy atom. The second-order valence-electron chi connectivity index (χ2n) is 4.28. The maximum Gasteiger partial charge on any atom is 0.155 e. The van der Waals surface area contributed by atoms with Gasteiger partial charge in [0.25, 0.3) is 0 Å². The summed E-state index contributed by atoms with van der Waals surface area (Å²) >= 11 is 0. The molecule has 0 bridgehead atoms. The zero-order chi connectivity index (χ0) is 11.5. The minimum atomic E-state index is -3.07. The first kappa shape index (κ1) is 12.7. The monoisotopic (exact) mass is 232 g/mol. The van der Waals surface area contributed by atoms with Crippen LogP contribution in [0.25, 0.3) is 0 Å². The number of hydrogen-bond donors (Lipinski definition) is 1. The topological polar surface area (TPSA) is 54.4 Å². The average Bonchev–Trinajstić information content (AvgIpc) is 2.16. The van der Waals surface area contributed by atoms with Crippen molar-refractivity contribution in [1.29, 1.82) is 0 Å². The van der Waals surface area contributed by atoms with Gasteiger partial charge in [-0.15, -0.1) is 0 Å². The summed E-state index contributed by atoms with van der Waals surface area (Å²) in [5.74, 6) is 0.229. The Morgan fingerprint density at radius 2 is 2.20 bits per heavy atom. The Bertz CT molecular complexity index is 319. The van der Waals surface area contributed by atoms with Gasteiger partial charge in [0.1, 0.15) is 0 Å². The molecule has 0 aliphatic carbocycles. The van der Waals surface area contributed by atoms with Crippen LogP contribution >= 0.6 is 0 Å². The predicted octanol–water partition coefficient (Wildman–Crippen LogP) is 1.67. The molecule has 1 rings (SSSR count). The third-order valence-electron chi connectivity index (χ3n) is 3.06. The molecule has 0 aromatic heterocycles. The predicted molar refractivity (Wildman–Crippen MR) is 61.5 cm³/mol. The van der Waals surface area contributed by atoms with Gasteiger partial charge < -0.3 is 5.11 Å². The molecule has 1 aliphatic heterocycles. The smallest absolute Gasteiger partial charge is 0.155 e. The molecule has 1 fully saturated rings. The Balaban J connectivity index is 2.65. The quantitative estimate of drug-likeness (QED) is 0.750. The van der Waals surface area contributed by atoms with E-state index in [9.17, 15) is 13.5 Å². The van der Waals surface area contributed by atoms with Gasteiger partial charge in [-0.05, 0) is 25.7 Å². The highest BCUT2D eigenvalue weighted by Crippen LogP contribution is 2.25. The molecule has 2 atom stereocenters. The Kier molecular flexibility index (Phi) is 4.34. The summed E-state index contributed by atoms with van der Waals surface area (Å²) in [6.07, 6.45) is 2.69. The minimum Gasteiger partial charge on any atom is -0.391 e. The molecule has 88 valence electrons. The number of aliphatic hydroxyl groups is 1. The first-order chi connectivity index (χ1) is 6.97. The summed E-state index contributed by atoms with van der Waals surface area (Å²) in [7, 11) is -3.07. The normalized spacial score (nSPS) is 27.2. The lowest BCUT2D eigenvalue weighted by Crippen LogP contribution is -2.38. The summed E-state index contributed by atoms with van der Waals surface area (Å²) < 4.78 is 23.4. The fourth-order valence-electron chi connectivity index (χ4n) is 1.98. The van der Waals surface area contributed by atoms with Gasteiger partial charge in [-0.3, -0.25) is 0 Å². The maximum atomic E-state index is 11.7. The highest BCUT2D eigenvalue weighted by atomic mass is 32.2. The molecule has 0 aromatic rings. The number of sulfone groups is 1. The molecule has 15 heavy (non-hydrogen) atoms. The van der Waals surface area contributed by atoms with E-state index in [4.69, 9.17) is 0 Å². The first-order valence-electron chi connectivity index (χ1n) is 5.53. The van der Waals surface area contributed by atoms with Crippen molar-refractivity contribution in [3.8, 4) is 0 Å². The van der Waals surface area contributed by atoms with Crippen LogP contribution in [0.4, 0.5) is 0 Å². The van der Waals surface area contributed by atoms with Gasteiger partial charge in [-0.25, -0.2) is 8.42 Å². The van der Waals surface area contributed by atoms with Crippen LogP contribution in [0.2, 0.25) is 0 Å². The Hall–Kier alpha value is -0.350. The molecule has 4 heteroatoms.